The van der Waals surface area contributed by atoms with Crippen molar-refractivity contribution in [2.24, 2.45) is 5.92 Å². The van der Waals surface area contributed by atoms with Gasteiger partial charge in [-0.05, 0) is 32.6 Å². The van der Waals surface area contributed by atoms with E-state index in [0.29, 0.717) is 18.2 Å². The van der Waals surface area contributed by atoms with E-state index in [1.54, 1.807) is 0 Å². The Morgan fingerprint density at radius 3 is 2.22 bits per heavy atom. The van der Waals surface area contributed by atoms with E-state index in [2.05, 4.69) is 0 Å². The van der Waals surface area contributed by atoms with E-state index < -0.39 is 0 Å². The van der Waals surface area contributed by atoms with E-state index >= 15 is 0 Å². The zero-order valence-electron chi connectivity index (χ0n) is 11.6. The lowest BCUT2D eigenvalue weighted by Gasteiger charge is -2.35. The van der Waals surface area contributed by atoms with E-state index in [1.807, 2.05) is 18.7 Å². The SMILES string of the molecule is CCN(CC)C(=O)CC1CCC2(CC1)OCCO2. The molecule has 0 atom stereocenters. The van der Waals surface area contributed by atoms with Crippen LogP contribution in [0, 0.1) is 5.92 Å². The first-order valence-electron chi connectivity index (χ1n) is 7.25. The number of nitrogens with zero attached hydrogens (tertiary/aromatic N) is 1. The maximum absolute atomic E-state index is 12.0. The van der Waals surface area contributed by atoms with Gasteiger partial charge in [-0.1, -0.05) is 0 Å². The third-order valence-corrected chi connectivity index (χ3v) is 4.26. The smallest absolute Gasteiger partial charge is 0.222 e. The number of ether oxygens (including phenoxy) is 2. The number of hydrogen-bond donors (Lipinski definition) is 0. The van der Waals surface area contributed by atoms with Crippen molar-refractivity contribution < 1.29 is 14.3 Å². The molecule has 1 aliphatic carbocycles. The zero-order valence-corrected chi connectivity index (χ0v) is 11.6. The van der Waals surface area contributed by atoms with Crippen LogP contribution in [-0.2, 0) is 14.3 Å². The summed E-state index contributed by atoms with van der Waals surface area (Å²) in [6, 6.07) is 0. The van der Waals surface area contributed by atoms with Gasteiger partial charge in [-0.3, -0.25) is 4.79 Å². The van der Waals surface area contributed by atoms with Crippen molar-refractivity contribution in [3.05, 3.63) is 0 Å². The Balaban J connectivity index is 1.78. The molecule has 0 aromatic heterocycles. The van der Waals surface area contributed by atoms with E-state index in [-0.39, 0.29) is 5.79 Å². The molecular formula is C14H25NO3. The topological polar surface area (TPSA) is 38.8 Å². The fourth-order valence-electron chi connectivity index (χ4n) is 3.06. The maximum atomic E-state index is 12.0. The van der Waals surface area contributed by atoms with Crippen LogP contribution in [0.4, 0.5) is 0 Å². The lowest BCUT2D eigenvalue weighted by Crippen LogP contribution is -2.37. The van der Waals surface area contributed by atoms with Gasteiger partial charge in [0, 0.05) is 32.4 Å². The quantitative estimate of drug-likeness (QED) is 0.773. The van der Waals surface area contributed by atoms with Gasteiger partial charge in [0.25, 0.3) is 0 Å². The first-order chi connectivity index (χ1) is 8.69. The van der Waals surface area contributed by atoms with Crippen LogP contribution in [0.3, 0.4) is 0 Å². The highest BCUT2D eigenvalue weighted by molar-refractivity contribution is 5.76. The third kappa shape index (κ3) is 3.04. The van der Waals surface area contributed by atoms with Gasteiger partial charge >= 0.3 is 0 Å². The molecule has 0 bridgehead atoms. The largest absolute Gasteiger partial charge is 0.348 e. The Bertz CT molecular complexity index is 273. The Labute approximate surface area is 110 Å². The maximum Gasteiger partial charge on any atom is 0.222 e. The van der Waals surface area contributed by atoms with Gasteiger partial charge in [-0.2, -0.15) is 0 Å². The summed E-state index contributed by atoms with van der Waals surface area (Å²) in [5, 5.41) is 0. The second-order valence-corrected chi connectivity index (χ2v) is 5.32. The normalized spacial score (nSPS) is 23.4. The van der Waals surface area contributed by atoms with Gasteiger partial charge < -0.3 is 14.4 Å². The zero-order chi connectivity index (χ0) is 13.0. The molecule has 1 saturated carbocycles. The van der Waals surface area contributed by atoms with Crippen LogP contribution in [-0.4, -0.2) is 42.9 Å². The molecule has 0 aromatic rings. The molecule has 2 aliphatic rings. The predicted molar refractivity (Wildman–Crippen MR) is 69.1 cm³/mol. The summed E-state index contributed by atoms with van der Waals surface area (Å²) in [7, 11) is 0. The number of carbonyl (C=O) groups is 1. The van der Waals surface area contributed by atoms with Gasteiger partial charge in [0.15, 0.2) is 5.79 Å². The van der Waals surface area contributed by atoms with Crippen LogP contribution in [0.2, 0.25) is 0 Å². The van der Waals surface area contributed by atoms with Gasteiger partial charge in [-0.15, -0.1) is 0 Å². The molecule has 0 unspecified atom stereocenters. The van der Waals surface area contributed by atoms with Crippen LogP contribution in [0.1, 0.15) is 46.0 Å². The molecule has 1 aliphatic heterocycles. The summed E-state index contributed by atoms with van der Waals surface area (Å²) in [5.74, 6) is 0.514. The summed E-state index contributed by atoms with van der Waals surface area (Å²) in [4.78, 5) is 14.0. The van der Waals surface area contributed by atoms with Gasteiger partial charge in [0.2, 0.25) is 5.91 Å². The number of amides is 1. The first-order valence-corrected chi connectivity index (χ1v) is 7.25. The monoisotopic (exact) mass is 255 g/mol. The molecule has 0 aromatic carbocycles. The van der Waals surface area contributed by atoms with Crippen LogP contribution in [0.25, 0.3) is 0 Å². The van der Waals surface area contributed by atoms with E-state index in [4.69, 9.17) is 9.47 Å². The fraction of sp³-hybridized carbons (Fsp3) is 0.929. The minimum atomic E-state index is -0.297. The standard InChI is InChI=1S/C14H25NO3/c1-3-15(4-2)13(16)11-12-5-7-14(8-6-12)17-9-10-18-14/h12H,3-11H2,1-2H3. The molecule has 2 fully saturated rings. The minimum Gasteiger partial charge on any atom is -0.348 e. The predicted octanol–water partition coefficient (Wildman–Crippen LogP) is 2.18. The van der Waals surface area contributed by atoms with Crippen molar-refractivity contribution in [1.29, 1.82) is 0 Å². The van der Waals surface area contributed by atoms with Crippen LogP contribution < -0.4 is 0 Å². The highest BCUT2D eigenvalue weighted by atomic mass is 16.7. The molecule has 4 nitrogen and oxygen atoms in total. The Morgan fingerprint density at radius 2 is 1.72 bits per heavy atom. The molecule has 1 spiro atoms. The van der Waals surface area contributed by atoms with E-state index in [0.717, 1.165) is 52.0 Å². The Morgan fingerprint density at radius 1 is 1.17 bits per heavy atom. The van der Waals surface area contributed by atoms with Gasteiger partial charge in [-0.25, -0.2) is 0 Å². The van der Waals surface area contributed by atoms with Crippen molar-refractivity contribution in [3.8, 4) is 0 Å². The molecule has 0 N–H and O–H groups in total. The molecule has 1 saturated heterocycles. The van der Waals surface area contributed by atoms with E-state index in [1.165, 1.54) is 0 Å². The molecule has 104 valence electrons. The molecular weight excluding hydrogens is 230 g/mol. The van der Waals surface area contributed by atoms with Gasteiger partial charge in [0.05, 0.1) is 13.2 Å². The Kier molecular flexibility index (Phi) is 4.62. The minimum absolute atomic E-state index is 0.297. The van der Waals surface area contributed by atoms with Crippen LogP contribution in [0.15, 0.2) is 0 Å². The summed E-state index contributed by atoms with van der Waals surface area (Å²) >= 11 is 0. The van der Waals surface area contributed by atoms with Crippen molar-refractivity contribution >= 4 is 5.91 Å². The second kappa shape index (κ2) is 6.02. The summed E-state index contributed by atoms with van der Waals surface area (Å²) in [6.45, 7) is 7.16. The molecule has 2 rings (SSSR count). The molecule has 0 radical (unpaired) electrons. The van der Waals surface area contributed by atoms with Crippen LogP contribution >= 0.6 is 0 Å². The van der Waals surface area contributed by atoms with Crippen molar-refractivity contribution in [2.45, 2.75) is 51.7 Å². The van der Waals surface area contributed by atoms with Crippen molar-refractivity contribution in [3.63, 3.8) is 0 Å². The lowest BCUT2D eigenvalue weighted by atomic mass is 9.83. The highest BCUT2D eigenvalue weighted by Crippen LogP contribution is 2.39. The number of rotatable bonds is 4. The second-order valence-electron chi connectivity index (χ2n) is 5.32. The molecule has 1 amide bonds. The third-order valence-electron chi connectivity index (χ3n) is 4.26. The van der Waals surface area contributed by atoms with E-state index in [9.17, 15) is 4.79 Å². The fourth-order valence-corrected chi connectivity index (χ4v) is 3.06. The van der Waals surface area contributed by atoms with Crippen molar-refractivity contribution in [1.82, 2.24) is 4.90 Å². The number of hydrogen-bond acceptors (Lipinski definition) is 3. The summed E-state index contributed by atoms with van der Waals surface area (Å²) in [5.41, 5.74) is 0. The first kappa shape index (κ1) is 13.8. The molecule has 1 heterocycles. The molecule has 4 heteroatoms. The molecule has 18 heavy (non-hydrogen) atoms. The average Bonchev–Trinajstić information content (AvgIpc) is 2.83. The number of carbonyl (C=O) groups excluding carboxylic acids is 1. The Hall–Kier alpha value is -0.610. The van der Waals surface area contributed by atoms with Crippen LogP contribution in [0.5, 0.6) is 0 Å². The van der Waals surface area contributed by atoms with Gasteiger partial charge in [0.1, 0.15) is 0 Å². The average molecular weight is 255 g/mol. The lowest BCUT2D eigenvalue weighted by molar-refractivity contribution is -0.183. The van der Waals surface area contributed by atoms with Crippen molar-refractivity contribution in [2.75, 3.05) is 26.3 Å². The highest BCUT2D eigenvalue weighted by Gasteiger charge is 2.40. The summed E-state index contributed by atoms with van der Waals surface area (Å²) in [6.07, 6.45) is 4.68. The summed E-state index contributed by atoms with van der Waals surface area (Å²) < 4.78 is 11.4.